The number of carbonyl (C=O) groups excluding carboxylic acids is 1. The van der Waals surface area contributed by atoms with E-state index >= 15 is 0 Å². The summed E-state index contributed by atoms with van der Waals surface area (Å²) in [5, 5.41) is 16.5. The first-order valence-electron chi connectivity index (χ1n) is 12.0. The lowest BCUT2D eigenvalue weighted by atomic mass is 9.73. The fourth-order valence-corrected chi connectivity index (χ4v) is 5.70. The third kappa shape index (κ3) is 4.81. The molecule has 2 saturated carbocycles. The number of carbonyl (C=O) groups is 1. The predicted molar refractivity (Wildman–Crippen MR) is 137 cm³/mol. The fraction of sp³-hybridized carbons (Fsp3) is 0.500. The van der Waals surface area contributed by atoms with Gasteiger partial charge in [0, 0.05) is 22.5 Å². The predicted octanol–water partition coefficient (Wildman–Crippen LogP) is 4.95. The Labute approximate surface area is 217 Å². The van der Waals surface area contributed by atoms with E-state index < -0.39 is 11.2 Å². The maximum Gasteiger partial charge on any atom is 0.224 e. The van der Waals surface area contributed by atoms with E-state index in [1.807, 2.05) is 11.5 Å². The average Bonchev–Trinajstić information content (AvgIpc) is 3.39. The van der Waals surface area contributed by atoms with Crippen molar-refractivity contribution in [3.05, 3.63) is 34.2 Å². The number of imidazole rings is 1. The Hall–Kier alpha value is -2.69. The van der Waals surface area contributed by atoms with Gasteiger partial charge < -0.3 is 21.5 Å². The van der Waals surface area contributed by atoms with E-state index in [-0.39, 0.29) is 39.8 Å². The first kappa shape index (κ1) is 25.0. The van der Waals surface area contributed by atoms with Crippen molar-refractivity contribution in [2.24, 2.45) is 11.1 Å². The van der Waals surface area contributed by atoms with E-state index in [4.69, 9.17) is 33.9 Å². The molecule has 192 valence electrons. The number of aliphatic hydroxyl groups excluding tert-OH is 1. The van der Waals surface area contributed by atoms with Gasteiger partial charge in [0.1, 0.15) is 11.3 Å². The highest BCUT2D eigenvalue weighted by atomic mass is 35.5. The number of aromatic nitrogens is 4. The van der Waals surface area contributed by atoms with Crippen molar-refractivity contribution in [2.45, 2.75) is 70.1 Å². The monoisotopic (exact) mass is 535 g/mol. The van der Waals surface area contributed by atoms with Crippen molar-refractivity contribution in [1.82, 2.24) is 19.5 Å². The zero-order valence-corrected chi connectivity index (χ0v) is 21.3. The molecule has 12 heteroatoms. The SMILES string of the molecule is C[C@]1(C(N)=O)CC[C@@H](n2c(Nc3c(F)cc(Cl)cc3Cl)nc3cnc(N[C@@H]4CC[C@@H](O)C4)nc32)CC1. The molecular formula is C24H28Cl2FN7O2. The molecule has 2 aliphatic rings. The number of aliphatic hydroxyl groups is 1. The number of nitrogens with zero attached hydrogens (tertiary/aromatic N) is 4. The molecule has 2 aromatic heterocycles. The third-order valence-corrected chi connectivity index (χ3v) is 7.95. The Kier molecular flexibility index (Phi) is 6.69. The Morgan fingerprint density at radius 3 is 2.61 bits per heavy atom. The van der Waals surface area contributed by atoms with Crippen LogP contribution in [0.4, 0.5) is 22.0 Å². The standard InChI is InChI=1S/C24H28Cl2FN7O2/c1-24(21(28)36)6-4-14(5-7-24)34-20-18(11-29-22(33-20)30-13-2-3-15(35)10-13)31-23(34)32-19-16(26)8-12(25)9-17(19)27/h8-9,11,13-15,35H,2-7,10H2,1H3,(H2,28,36)(H,31,32)(H,29,30,33)/t13-,14-,15-,24+/m1/s1. The summed E-state index contributed by atoms with van der Waals surface area (Å²) in [6.07, 6.45) is 6.04. The lowest BCUT2D eigenvalue weighted by Gasteiger charge is -2.35. The van der Waals surface area contributed by atoms with Gasteiger partial charge in [0.2, 0.25) is 17.8 Å². The van der Waals surface area contributed by atoms with Crippen molar-refractivity contribution >= 4 is 57.9 Å². The summed E-state index contributed by atoms with van der Waals surface area (Å²) in [7, 11) is 0. The van der Waals surface area contributed by atoms with Gasteiger partial charge in [-0.1, -0.05) is 30.1 Å². The second-order valence-electron chi connectivity index (χ2n) is 10.0. The molecule has 0 aliphatic heterocycles. The number of anilines is 3. The number of hydrogen-bond acceptors (Lipinski definition) is 7. The van der Waals surface area contributed by atoms with Crippen LogP contribution < -0.4 is 16.4 Å². The van der Waals surface area contributed by atoms with Crippen molar-refractivity contribution in [1.29, 1.82) is 0 Å². The molecule has 0 unspecified atom stereocenters. The van der Waals surface area contributed by atoms with Crippen LogP contribution in [0.5, 0.6) is 0 Å². The number of primary amides is 1. The van der Waals surface area contributed by atoms with Crippen LogP contribution in [-0.2, 0) is 4.79 Å². The summed E-state index contributed by atoms with van der Waals surface area (Å²) in [6.45, 7) is 1.89. The second-order valence-corrected chi connectivity index (χ2v) is 10.9. The highest BCUT2D eigenvalue weighted by Gasteiger charge is 2.38. The Bertz CT molecular complexity index is 1290. The van der Waals surface area contributed by atoms with Crippen LogP contribution in [0.15, 0.2) is 18.3 Å². The van der Waals surface area contributed by atoms with Gasteiger partial charge >= 0.3 is 0 Å². The van der Waals surface area contributed by atoms with E-state index in [2.05, 4.69) is 20.6 Å². The minimum Gasteiger partial charge on any atom is -0.393 e. The summed E-state index contributed by atoms with van der Waals surface area (Å²) in [5.41, 5.74) is 6.25. The number of hydrogen-bond donors (Lipinski definition) is 4. The molecule has 0 bridgehead atoms. The molecule has 2 aliphatic carbocycles. The van der Waals surface area contributed by atoms with Gasteiger partial charge in [-0.05, 0) is 57.1 Å². The van der Waals surface area contributed by atoms with Gasteiger partial charge in [0.15, 0.2) is 5.65 Å². The number of halogens is 3. The van der Waals surface area contributed by atoms with Gasteiger partial charge in [-0.25, -0.2) is 14.4 Å². The minimum absolute atomic E-state index is 0.0571. The Morgan fingerprint density at radius 1 is 1.22 bits per heavy atom. The summed E-state index contributed by atoms with van der Waals surface area (Å²) in [4.78, 5) is 25.8. The molecule has 36 heavy (non-hydrogen) atoms. The van der Waals surface area contributed by atoms with Crippen LogP contribution in [0.3, 0.4) is 0 Å². The molecule has 0 saturated heterocycles. The lowest BCUT2D eigenvalue weighted by Crippen LogP contribution is -2.38. The molecule has 3 aromatic rings. The minimum atomic E-state index is -0.607. The molecule has 0 spiro atoms. The zero-order chi connectivity index (χ0) is 25.6. The van der Waals surface area contributed by atoms with E-state index in [9.17, 15) is 14.3 Å². The van der Waals surface area contributed by atoms with Gasteiger partial charge in [-0.3, -0.25) is 9.36 Å². The van der Waals surface area contributed by atoms with Gasteiger partial charge in [-0.2, -0.15) is 4.98 Å². The Morgan fingerprint density at radius 2 is 1.97 bits per heavy atom. The number of rotatable bonds is 6. The van der Waals surface area contributed by atoms with Crippen LogP contribution in [0.25, 0.3) is 11.2 Å². The number of nitrogens with one attached hydrogen (secondary N) is 2. The summed E-state index contributed by atoms with van der Waals surface area (Å²) in [6, 6.07) is 2.66. The van der Waals surface area contributed by atoms with Crippen LogP contribution in [-0.4, -0.2) is 42.7 Å². The molecule has 2 atom stereocenters. The van der Waals surface area contributed by atoms with Crippen molar-refractivity contribution < 1.29 is 14.3 Å². The van der Waals surface area contributed by atoms with E-state index in [0.29, 0.717) is 55.2 Å². The number of amides is 1. The Balaban J connectivity index is 1.53. The van der Waals surface area contributed by atoms with Crippen LogP contribution >= 0.6 is 23.2 Å². The highest BCUT2D eigenvalue weighted by molar-refractivity contribution is 6.36. The molecule has 2 heterocycles. The van der Waals surface area contributed by atoms with E-state index in [0.717, 1.165) is 12.8 Å². The maximum atomic E-state index is 14.8. The third-order valence-electron chi connectivity index (χ3n) is 7.43. The van der Waals surface area contributed by atoms with Crippen molar-refractivity contribution in [3.63, 3.8) is 0 Å². The van der Waals surface area contributed by atoms with E-state index in [1.54, 1.807) is 6.20 Å². The fourth-order valence-electron chi connectivity index (χ4n) is 5.18. The summed E-state index contributed by atoms with van der Waals surface area (Å²) < 4.78 is 16.7. The highest BCUT2D eigenvalue weighted by Crippen LogP contribution is 2.43. The van der Waals surface area contributed by atoms with Crippen molar-refractivity contribution in [2.75, 3.05) is 10.6 Å². The van der Waals surface area contributed by atoms with Crippen LogP contribution in [0.2, 0.25) is 10.0 Å². The quantitative estimate of drug-likeness (QED) is 0.351. The summed E-state index contributed by atoms with van der Waals surface area (Å²) >= 11 is 12.2. The first-order valence-corrected chi connectivity index (χ1v) is 12.8. The molecule has 9 nitrogen and oxygen atoms in total. The first-order chi connectivity index (χ1) is 17.1. The van der Waals surface area contributed by atoms with Gasteiger partial charge in [-0.15, -0.1) is 0 Å². The van der Waals surface area contributed by atoms with Crippen LogP contribution in [0.1, 0.15) is 57.9 Å². The zero-order valence-electron chi connectivity index (χ0n) is 19.8. The molecule has 2 fully saturated rings. The number of benzene rings is 1. The molecular weight excluding hydrogens is 508 g/mol. The largest absolute Gasteiger partial charge is 0.393 e. The van der Waals surface area contributed by atoms with Crippen LogP contribution in [0, 0.1) is 11.2 Å². The smallest absolute Gasteiger partial charge is 0.224 e. The number of fused-ring (bicyclic) bond motifs is 1. The normalized spacial score (nSPS) is 26.3. The topological polar surface area (TPSA) is 131 Å². The molecule has 1 amide bonds. The number of nitrogens with two attached hydrogens (primary N) is 1. The molecule has 5 N–H and O–H groups in total. The second kappa shape index (κ2) is 9.64. The molecule has 0 radical (unpaired) electrons. The van der Waals surface area contributed by atoms with Gasteiger partial charge in [0.25, 0.3) is 0 Å². The maximum absolute atomic E-state index is 14.8. The van der Waals surface area contributed by atoms with Crippen molar-refractivity contribution in [3.8, 4) is 0 Å². The summed E-state index contributed by atoms with van der Waals surface area (Å²) in [5.74, 6) is -0.118. The van der Waals surface area contributed by atoms with Gasteiger partial charge in [0.05, 0.1) is 23.0 Å². The lowest BCUT2D eigenvalue weighted by molar-refractivity contribution is -0.128. The molecule has 5 rings (SSSR count). The average molecular weight is 536 g/mol. The van der Waals surface area contributed by atoms with E-state index in [1.165, 1.54) is 12.1 Å². The molecule has 1 aromatic carbocycles.